The molecule has 2 aromatic heterocycles. The topological polar surface area (TPSA) is 71.0 Å². The molecule has 130 valence electrons. The molecule has 6 nitrogen and oxygen atoms in total. The lowest BCUT2D eigenvalue weighted by Gasteiger charge is -2.31. The maximum absolute atomic E-state index is 12.8. The van der Waals surface area contributed by atoms with Crippen LogP contribution in [0.1, 0.15) is 28.2 Å². The Balaban J connectivity index is 0.00000208. The van der Waals surface area contributed by atoms with Gasteiger partial charge >= 0.3 is 0 Å². The standard InChI is InChI=1S/C16H21N5OS.ClH/c1-11-13(23-15(20-11)14-18-6-3-7-19-14)16(22)21-8-4-12(5-9-21)10-17-2;/h3,6-7,12,17H,4-5,8-10H2,1-2H3;1H. The van der Waals surface area contributed by atoms with Gasteiger partial charge in [0.25, 0.3) is 5.91 Å². The van der Waals surface area contributed by atoms with Gasteiger partial charge < -0.3 is 10.2 Å². The zero-order chi connectivity index (χ0) is 16.2. The summed E-state index contributed by atoms with van der Waals surface area (Å²) in [7, 11) is 1.98. The van der Waals surface area contributed by atoms with E-state index in [4.69, 9.17) is 0 Å². The number of nitrogens with zero attached hydrogens (tertiary/aromatic N) is 4. The van der Waals surface area contributed by atoms with Crippen molar-refractivity contribution in [2.24, 2.45) is 5.92 Å². The number of nitrogens with one attached hydrogen (secondary N) is 1. The number of amides is 1. The van der Waals surface area contributed by atoms with Gasteiger partial charge in [0.1, 0.15) is 4.88 Å². The van der Waals surface area contributed by atoms with Gasteiger partial charge in [-0.25, -0.2) is 15.0 Å². The second kappa shape index (κ2) is 8.50. The number of carbonyl (C=O) groups is 1. The Labute approximate surface area is 152 Å². The molecule has 0 unspecified atom stereocenters. The van der Waals surface area contributed by atoms with E-state index in [0.717, 1.165) is 38.2 Å². The van der Waals surface area contributed by atoms with Crippen LogP contribution in [0.25, 0.3) is 10.8 Å². The first-order valence-electron chi connectivity index (χ1n) is 7.87. The molecular formula is C16H22ClN5OS. The molecule has 0 spiro atoms. The monoisotopic (exact) mass is 367 g/mol. The van der Waals surface area contributed by atoms with Gasteiger partial charge in [0.2, 0.25) is 0 Å². The van der Waals surface area contributed by atoms with Crippen LogP contribution in [0.4, 0.5) is 0 Å². The summed E-state index contributed by atoms with van der Waals surface area (Å²) in [6.45, 7) is 4.54. The van der Waals surface area contributed by atoms with Crippen molar-refractivity contribution >= 4 is 29.7 Å². The van der Waals surface area contributed by atoms with Crippen molar-refractivity contribution in [3.63, 3.8) is 0 Å². The van der Waals surface area contributed by atoms with E-state index >= 15 is 0 Å². The molecule has 3 heterocycles. The number of piperidine rings is 1. The fourth-order valence-electron chi connectivity index (χ4n) is 2.87. The molecule has 0 aromatic carbocycles. The molecule has 24 heavy (non-hydrogen) atoms. The van der Waals surface area contributed by atoms with Gasteiger partial charge in [0.05, 0.1) is 5.69 Å². The number of halogens is 1. The summed E-state index contributed by atoms with van der Waals surface area (Å²) in [5.74, 6) is 1.33. The number of aryl methyl sites for hydroxylation is 1. The molecule has 1 amide bonds. The van der Waals surface area contributed by atoms with Gasteiger partial charge in [-0.05, 0) is 45.3 Å². The number of hydrogen-bond acceptors (Lipinski definition) is 6. The van der Waals surface area contributed by atoms with E-state index in [9.17, 15) is 4.79 Å². The Morgan fingerprint density at radius 3 is 2.62 bits per heavy atom. The predicted molar refractivity (Wildman–Crippen MR) is 97.7 cm³/mol. The van der Waals surface area contributed by atoms with Crippen molar-refractivity contribution in [2.45, 2.75) is 19.8 Å². The van der Waals surface area contributed by atoms with Crippen LogP contribution in [0.2, 0.25) is 0 Å². The van der Waals surface area contributed by atoms with Gasteiger partial charge in [-0.2, -0.15) is 0 Å². The number of likely N-dealkylation sites (tertiary alicyclic amines) is 1. The minimum absolute atomic E-state index is 0. The highest BCUT2D eigenvalue weighted by molar-refractivity contribution is 7.17. The fraction of sp³-hybridized carbons (Fsp3) is 0.500. The molecule has 2 aromatic rings. The van der Waals surface area contributed by atoms with Crippen LogP contribution in [0.15, 0.2) is 18.5 Å². The van der Waals surface area contributed by atoms with E-state index in [0.29, 0.717) is 21.6 Å². The van der Waals surface area contributed by atoms with Crippen molar-refractivity contribution < 1.29 is 4.79 Å². The van der Waals surface area contributed by atoms with E-state index in [2.05, 4.69) is 20.3 Å². The van der Waals surface area contributed by atoms with E-state index in [1.807, 2.05) is 18.9 Å². The molecule has 0 saturated carbocycles. The highest BCUT2D eigenvalue weighted by Gasteiger charge is 2.26. The summed E-state index contributed by atoms with van der Waals surface area (Å²) in [6.07, 6.45) is 5.48. The number of aromatic nitrogens is 3. The first-order chi connectivity index (χ1) is 11.2. The summed E-state index contributed by atoms with van der Waals surface area (Å²) in [5, 5.41) is 3.92. The molecule has 1 fully saturated rings. The largest absolute Gasteiger partial charge is 0.338 e. The third-order valence-electron chi connectivity index (χ3n) is 4.14. The molecule has 0 bridgehead atoms. The van der Waals surface area contributed by atoms with Gasteiger partial charge in [-0.15, -0.1) is 23.7 Å². The van der Waals surface area contributed by atoms with Crippen molar-refractivity contribution in [1.29, 1.82) is 0 Å². The molecular weight excluding hydrogens is 346 g/mol. The Hall–Kier alpha value is -1.57. The normalized spacial score (nSPS) is 15.2. The quantitative estimate of drug-likeness (QED) is 0.898. The molecule has 1 aliphatic rings. The van der Waals surface area contributed by atoms with Crippen molar-refractivity contribution in [1.82, 2.24) is 25.2 Å². The lowest BCUT2D eigenvalue weighted by molar-refractivity contribution is 0.0695. The molecule has 8 heteroatoms. The molecule has 1 aliphatic heterocycles. The summed E-state index contributed by atoms with van der Waals surface area (Å²) in [5.41, 5.74) is 0.764. The summed E-state index contributed by atoms with van der Waals surface area (Å²) >= 11 is 1.39. The first-order valence-corrected chi connectivity index (χ1v) is 8.69. The first kappa shape index (κ1) is 18.8. The van der Waals surface area contributed by atoms with Crippen LogP contribution < -0.4 is 5.32 Å². The van der Waals surface area contributed by atoms with Crippen LogP contribution in [0.5, 0.6) is 0 Å². The zero-order valence-electron chi connectivity index (χ0n) is 13.9. The van der Waals surface area contributed by atoms with Gasteiger partial charge in [-0.1, -0.05) is 0 Å². The van der Waals surface area contributed by atoms with Crippen molar-refractivity contribution in [2.75, 3.05) is 26.7 Å². The Bertz CT molecular complexity index is 670. The van der Waals surface area contributed by atoms with Crippen LogP contribution in [-0.2, 0) is 0 Å². The Kier molecular flexibility index (Phi) is 6.65. The Morgan fingerprint density at radius 1 is 1.33 bits per heavy atom. The van der Waals surface area contributed by atoms with Gasteiger partial charge in [0.15, 0.2) is 10.8 Å². The lowest BCUT2D eigenvalue weighted by Crippen LogP contribution is -2.40. The summed E-state index contributed by atoms with van der Waals surface area (Å²) in [6, 6.07) is 1.77. The van der Waals surface area contributed by atoms with E-state index in [1.54, 1.807) is 18.5 Å². The minimum Gasteiger partial charge on any atom is -0.338 e. The minimum atomic E-state index is 0. The maximum Gasteiger partial charge on any atom is 0.265 e. The predicted octanol–water partition coefficient (Wildman–Crippen LogP) is 2.40. The second-order valence-corrected chi connectivity index (χ2v) is 6.80. The second-order valence-electron chi connectivity index (χ2n) is 5.80. The number of rotatable bonds is 4. The zero-order valence-corrected chi connectivity index (χ0v) is 15.5. The number of carbonyl (C=O) groups excluding carboxylic acids is 1. The third-order valence-corrected chi connectivity index (χ3v) is 5.28. The Morgan fingerprint density at radius 2 is 2.00 bits per heavy atom. The van der Waals surface area contributed by atoms with Crippen LogP contribution in [0.3, 0.4) is 0 Å². The molecule has 0 radical (unpaired) electrons. The maximum atomic E-state index is 12.8. The van der Waals surface area contributed by atoms with E-state index in [-0.39, 0.29) is 18.3 Å². The van der Waals surface area contributed by atoms with Crippen molar-refractivity contribution in [3.8, 4) is 10.8 Å². The van der Waals surface area contributed by atoms with Crippen LogP contribution in [-0.4, -0.2) is 52.4 Å². The van der Waals surface area contributed by atoms with E-state index < -0.39 is 0 Å². The smallest absolute Gasteiger partial charge is 0.265 e. The van der Waals surface area contributed by atoms with Gasteiger partial charge in [0, 0.05) is 25.5 Å². The summed E-state index contributed by atoms with van der Waals surface area (Å²) < 4.78 is 0. The lowest BCUT2D eigenvalue weighted by atomic mass is 9.97. The molecule has 3 rings (SSSR count). The molecule has 0 aliphatic carbocycles. The SMILES string of the molecule is CNCC1CCN(C(=O)c2sc(-c3ncccn3)nc2C)CC1.Cl. The van der Waals surface area contributed by atoms with Gasteiger partial charge in [-0.3, -0.25) is 4.79 Å². The van der Waals surface area contributed by atoms with Crippen LogP contribution in [0, 0.1) is 12.8 Å². The molecule has 1 N–H and O–H groups in total. The average molecular weight is 368 g/mol. The average Bonchev–Trinajstić information content (AvgIpc) is 2.98. The highest BCUT2D eigenvalue weighted by Crippen LogP contribution is 2.27. The molecule has 1 saturated heterocycles. The molecule has 0 atom stereocenters. The fourth-order valence-corrected chi connectivity index (χ4v) is 3.85. The number of hydrogen-bond donors (Lipinski definition) is 1. The summed E-state index contributed by atoms with van der Waals surface area (Å²) in [4.78, 5) is 28.3. The highest BCUT2D eigenvalue weighted by atomic mass is 35.5. The van der Waals surface area contributed by atoms with E-state index in [1.165, 1.54) is 11.3 Å². The van der Waals surface area contributed by atoms with Crippen LogP contribution >= 0.6 is 23.7 Å². The third kappa shape index (κ3) is 4.09. The van der Waals surface area contributed by atoms with Crippen molar-refractivity contribution in [3.05, 3.63) is 29.0 Å². The number of thiazole rings is 1.